The minimum absolute atomic E-state index is 0. The van der Waals surface area contributed by atoms with Crippen molar-refractivity contribution in [3.63, 3.8) is 0 Å². The fourth-order valence-corrected chi connectivity index (χ4v) is 0.231. The van der Waals surface area contributed by atoms with E-state index < -0.39 is 0 Å². The molecule has 0 spiro atoms. The summed E-state index contributed by atoms with van der Waals surface area (Å²) < 4.78 is 4.63. The van der Waals surface area contributed by atoms with Gasteiger partial charge in [-0.25, -0.2) is 0 Å². The van der Waals surface area contributed by atoms with Gasteiger partial charge in [-0.1, -0.05) is 0 Å². The highest BCUT2D eigenvalue weighted by Gasteiger charge is 1.79. The van der Waals surface area contributed by atoms with E-state index in [4.69, 9.17) is 10.2 Å². The van der Waals surface area contributed by atoms with E-state index >= 15 is 0 Å². The molecule has 0 aromatic heterocycles. The summed E-state index contributed by atoms with van der Waals surface area (Å²) in [5.41, 5.74) is 0. The maximum atomic E-state index is 8.09. The Kier molecular flexibility index (Phi) is 50.6. The van der Waals surface area contributed by atoms with Crippen molar-refractivity contribution in [3.05, 3.63) is 0 Å². The zero-order chi connectivity index (χ0) is 5.54. The molecule has 0 atom stereocenters. The Labute approximate surface area is 79.0 Å². The molecule has 0 heterocycles. The lowest BCUT2D eigenvalue weighted by Gasteiger charge is -1.94. The van der Waals surface area contributed by atoms with E-state index in [0.717, 1.165) is 0 Å². The molecule has 0 saturated carbocycles. The number of aliphatic hydroxyl groups excluding tert-OH is 2. The smallest absolute Gasteiger partial charge is 0.0698 e. The molecule has 2 N–H and O–H groups in total. The van der Waals surface area contributed by atoms with Gasteiger partial charge in [0.1, 0.15) is 0 Å². The summed E-state index contributed by atoms with van der Waals surface area (Å²) in [5, 5.41) is 16.2. The Morgan fingerprint density at radius 1 is 0.800 bits per heavy atom. The molecule has 0 bridgehead atoms. The predicted molar refractivity (Wildman–Crippen MR) is 46.7 cm³/mol. The lowest BCUT2D eigenvalue weighted by atomic mass is 10.7. The normalized spacial score (nSPS) is 6.60. The Balaban J connectivity index is -0.0000000600. The maximum absolute atomic E-state index is 8.09. The quantitative estimate of drug-likeness (QED) is 0.661. The molecule has 0 fully saturated rings. The van der Waals surface area contributed by atoms with Crippen molar-refractivity contribution in [3.8, 4) is 0 Å². The van der Waals surface area contributed by atoms with Gasteiger partial charge < -0.3 is 14.9 Å². The molecule has 3 nitrogen and oxygen atoms in total. The van der Waals surface area contributed by atoms with Gasteiger partial charge in [-0.2, -0.15) is 0 Å². The van der Waals surface area contributed by atoms with Gasteiger partial charge in [-0.05, 0) is 0 Å². The van der Waals surface area contributed by atoms with Gasteiger partial charge in [-0.15, -0.1) is 37.2 Å². The van der Waals surface area contributed by atoms with Crippen molar-refractivity contribution in [2.75, 3.05) is 26.4 Å². The van der Waals surface area contributed by atoms with Gasteiger partial charge in [0.2, 0.25) is 0 Å². The van der Waals surface area contributed by atoms with E-state index in [1.54, 1.807) is 0 Å². The first-order valence-corrected chi connectivity index (χ1v) is 2.21. The monoisotopic (exact) mass is 214 g/mol. The van der Waals surface area contributed by atoms with Crippen LogP contribution in [0.4, 0.5) is 0 Å². The third-order valence-electron chi connectivity index (χ3n) is 0.471. The van der Waals surface area contributed by atoms with Gasteiger partial charge in [0.15, 0.2) is 0 Å². The Morgan fingerprint density at radius 3 is 1.30 bits per heavy atom. The van der Waals surface area contributed by atoms with Crippen LogP contribution in [0.1, 0.15) is 0 Å². The van der Waals surface area contributed by atoms with E-state index in [1.807, 2.05) is 0 Å². The van der Waals surface area contributed by atoms with Crippen LogP contribution < -0.4 is 0 Å². The highest BCUT2D eigenvalue weighted by atomic mass is 35.5. The Morgan fingerprint density at radius 2 is 1.10 bits per heavy atom. The van der Waals surface area contributed by atoms with Crippen LogP contribution in [-0.4, -0.2) is 36.6 Å². The Bertz CT molecular complexity index is 34.9. The van der Waals surface area contributed by atoms with E-state index in [9.17, 15) is 0 Å². The van der Waals surface area contributed by atoms with Gasteiger partial charge in [-0.3, -0.25) is 0 Å². The van der Waals surface area contributed by atoms with Gasteiger partial charge >= 0.3 is 0 Å². The first kappa shape index (κ1) is 22.4. The van der Waals surface area contributed by atoms with Gasteiger partial charge in [0.25, 0.3) is 0 Å². The zero-order valence-electron chi connectivity index (χ0n) is 5.36. The summed E-state index contributed by atoms with van der Waals surface area (Å²) in [4.78, 5) is 0. The first-order chi connectivity index (χ1) is 3.41. The molecule has 0 radical (unpaired) electrons. The van der Waals surface area contributed by atoms with Gasteiger partial charge in [0.05, 0.1) is 26.4 Å². The van der Waals surface area contributed by atoms with E-state index in [1.165, 1.54) is 0 Å². The molecular weight excluding hydrogens is 202 g/mol. The molecule has 0 amide bonds. The second-order valence-electron chi connectivity index (χ2n) is 1.06. The van der Waals surface area contributed by atoms with Crippen LogP contribution in [0.15, 0.2) is 0 Å². The van der Waals surface area contributed by atoms with Crippen LogP contribution >= 0.6 is 37.2 Å². The largest absolute Gasteiger partial charge is 0.394 e. The van der Waals surface area contributed by atoms with Crippen LogP contribution in [0.3, 0.4) is 0 Å². The number of aliphatic hydroxyl groups is 2. The highest BCUT2D eigenvalue weighted by Crippen LogP contribution is 1.68. The molecule has 68 valence electrons. The minimum atomic E-state index is 0. The summed E-state index contributed by atoms with van der Waals surface area (Å²) in [5.74, 6) is 0. The van der Waals surface area contributed by atoms with Gasteiger partial charge in [0, 0.05) is 0 Å². The van der Waals surface area contributed by atoms with Crippen LogP contribution in [0.5, 0.6) is 0 Å². The molecule has 0 aliphatic heterocycles. The molecular formula is C4H13Cl3O3. The van der Waals surface area contributed by atoms with Crippen LogP contribution in [0, 0.1) is 0 Å². The molecule has 10 heavy (non-hydrogen) atoms. The van der Waals surface area contributed by atoms with Crippen molar-refractivity contribution in [2.24, 2.45) is 0 Å². The van der Waals surface area contributed by atoms with Crippen LogP contribution in [-0.2, 0) is 4.74 Å². The van der Waals surface area contributed by atoms with Crippen molar-refractivity contribution >= 4 is 37.2 Å². The number of rotatable bonds is 4. The SMILES string of the molecule is Cl.Cl.Cl.OCCOCCO. The van der Waals surface area contributed by atoms with E-state index in [-0.39, 0.29) is 50.4 Å². The molecule has 6 heteroatoms. The maximum Gasteiger partial charge on any atom is 0.0698 e. The van der Waals surface area contributed by atoms with E-state index in [2.05, 4.69) is 4.74 Å². The second kappa shape index (κ2) is 22.6. The molecule has 0 saturated heterocycles. The average molecular weight is 216 g/mol. The predicted octanol–water partition coefficient (Wildman–Crippen LogP) is 0.253. The zero-order valence-corrected chi connectivity index (χ0v) is 7.81. The second-order valence-corrected chi connectivity index (χ2v) is 1.06. The summed E-state index contributed by atoms with van der Waals surface area (Å²) in [7, 11) is 0. The molecule has 0 rings (SSSR count). The lowest BCUT2D eigenvalue weighted by Crippen LogP contribution is -2.03. The highest BCUT2D eigenvalue weighted by molar-refractivity contribution is 5.86. The topological polar surface area (TPSA) is 49.7 Å². The molecule has 0 aromatic rings. The van der Waals surface area contributed by atoms with Crippen molar-refractivity contribution in [1.29, 1.82) is 0 Å². The van der Waals surface area contributed by atoms with E-state index in [0.29, 0.717) is 13.2 Å². The third kappa shape index (κ3) is 23.3. The molecule has 0 aliphatic carbocycles. The lowest BCUT2D eigenvalue weighted by molar-refractivity contribution is 0.0650. The van der Waals surface area contributed by atoms with Crippen molar-refractivity contribution in [2.45, 2.75) is 0 Å². The van der Waals surface area contributed by atoms with Crippen LogP contribution in [0.2, 0.25) is 0 Å². The average Bonchev–Trinajstić information content (AvgIpc) is 1.69. The number of hydrogen-bond donors (Lipinski definition) is 2. The van der Waals surface area contributed by atoms with Crippen molar-refractivity contribution in [1.82, 2.24) is 0 Å². The number of hydrogen-bond acceptors (Lipinski definition) is 3. The standard InChI is InChI=1S/C4H10O3.3ClH/c5-1-3-7-4-2-6;;;/h5-6H,1-4H2;3*1H. The summed E-state index contributed by atoms with van der Waals surface area (Å²) in [6.07, 6.45) is 0. The molecule has 0 aliphatic rings. The summed E-state index contributed by atoms with van der Waals surface area (Å²) in [6, 6.07) is 0. The summed E-state index contributed by atoms with van der Waals surface area (Å²) >= 11 is 0. The Hall–Kier alpha value is 0.750. The summed E-state index contributed by atoms with van der Waals surface area (Å²) in [6.45, 7) is 0.696. The fraction of sp³-hybridized carbons (Fsp3) is 1.00. The third-order valence-corrected chi connectivity index (χ3v) is 0.471. The first-order valence-electron chi connectivity index (χ1n) is 2.21. The van der Waals surface area contributed by atoms with Crippen molar-refractivity contribution < 1.29 is 14.9 Å². The molecule has 0 aromatic carbocycles. The fourth-order valence-electron chi connectivity index (χ4n) is 0.231. The number of ether oxygens (including phenoxy) is 1. The molecule has 0 unspecified atom stereocenters. The van der Waals surface area contributed by atoms with Crippen LogP contribution in [0.25, 0.3) is 0 Å². The minimum Gasteiger partial charge on any atom is -0.394 e. The number of halogens is 3.